The van der Waals surface area contributed by atoms with E-state index in [1.807, 2.05) is 60.7 Å². The molecule has 1 atom stereocenters. The van der Waals surface area contributed by atoms with Crippen LogP contribution in [0.5, 0.6) is 5.75 Å². The van der Waals surface area contributed by atoms with E-state index in [1.54, 1.807) is 18.2 Å². The Morgan fingerprint density at radius 2 is 1.74 bits per heavy atom. The molecule has 6 heteroatoms. The highest BCUT2D eigenvalue weighted by Crippen LogP contribution is 2.40. The molecule has 0 bridgehead atoms. The minimum Gasteiger partial charge on any atom is -0.507 e. The number of halogens is 1. The lowest BCUT2D eigenvalue weighted by Crippen LogP contribution is -2.29. The van der Waals surface area contributed by atoms with Crippen molar-refractivity contribution in [3.05, 3.63) is 105 Å². The van der Waals surface area contributed by atoms with Crippen molar-refractivity contribution in [1.82, 2.24) is 4.90 Å². The summed E-state index contributed by atoms with van der Waals surface area (Å²) < 4.78 is 6.82. The first-order chi connectivity index (χ1) is 16.5. The molecule has 3 aromatic rings. The third-order valence-corrected chi connectivity index (χ3v) is 6.51. The Kier molecular flexibility index (Phi) is 7.67. The number of likely N-dealkylation sites (tertiary alicyclic amines) is 1. The average Bonchev–Trinajstić information content (AvgIpc) is 3.10. The Labute approximate surface area is 213 Å². The van der Waals surface area contributed by atoms with Gasteiger partial charge < -0.3 is 14.7 Å². The van der Waals surface area contributed by atoms with E-state index in [4.69, 9.17) is 4.74 Å². The summed E-state index contributed by atoms with van der Waals surface area (Å²) in [6.07, 6.45) is 1.94. The van der Waals surface area contributed by atoms with Crippen LogP contribution in [0.2, 0.25) is 0 Å². The largest absolute Gasteiger partial charge is 0.507 e. The fourth-order valence-electron chi connectivity index (χ4n) is 4.04. The number of unbranched alkanes of at least 4 members (excludes halogenated alkanes) is 1. The van der Waals surface area contributed by atoms with Crippen LogP contribution in [-0.2, 0) is 16.1 Å². The van der Waals surface area contributed by atoms with Gasteiger partial charge in [0.2, 0.25) is 0 Å². The Morgan fingerprint density at radius 3 is 2.44 bits per heavy atom. The molecule has 1 amide bonds. The normalized spacial score (nSPS) is 17.2. The molecule has 0 aromatic heterocycles. The Balaban J connectivity index is 1.78. The number of carbonyl (C=O) groups excluding carboxylic acids is 2. The first-order valence-corrected chi connectivity index (χ1v) is 12.4. The maximum absolute atomic E-state index is 13.2. The third-order valence-electron chi connectivity index (χ3n) is 5.80. The van der Waals surface area contributed by atoms with Crippen LogP contribution in [0.25, 0.3) is 5.76 Å². The Morgan fingerprint density at radius 1 is 1.00 bits per heavy atom. The van der Waals surface area contributed by atoms with Crippen molar-refractivity contribution in [2.75, 3.05) is 6.61 Å². The van der Waals surface area contributed by atoms with Gasteiger partial charge in [-0.05, 0) is 64.4 Å². The summed E-state index contributed by atoms with van der Waals surface area (Å²) in [6, 6.07) is 23.5. The van der Waals surface area contributed by atoms with E-state index < -0.39 is 17.7 Å². The number of benzene rings is 3. The smallest absolute Gasteiger partial charge is 0.295 e. The molecule has 174 valence electrons. The molecule has 1 heterocycles. The van der Waals surface area contributed by atoms with Crippen molar-refractivity contribution in [1.29, 1.82) is 0 Å². The van der Waals surface area contributed by atoms with Crippen LogP contribution in [0.3, 0.4) is 0 Å². The van der Waals surface area contributed by atoms with Crippen LogP contribution in [0.4, 0.5) is 0 Å². The first-order valence-electron chi connectivity index (χ1n) is 11.3. The molecule has 1 aliphatic rings. The van der Waals surface area contributed by atoms with Crippen molar-refractivity contribution in [3.63, 3.8) is 0 Å². The van der Waals surface area contributed by atoms with Crippen molar-refractivity contribution >= 4 is 40.0 Å². The van der Waals surface area contributed by atoms with Gasteiger partial charge in [-0.1, -0.05) is 67.9 Å². The molecule has 0 aliphatic carbocycles. The highest BCUT2D eigenvalue weighted by Gasteiger charge is 2.46. The number of hydrogen-bond acceptors (Lipinski definition) is 4. The lowest BCUT2D eigenvalue weighted by Gasteiger charge is -2.25. The molecule has 1 fully saturated rings. The van der Waals surface area contributed by atoms with Gasteiger partial charge >= 0.3 is 0 Å². The zero-order valence-corrected chi connectivity index (χ0v) is 21.1. The van der Waals surface area contributed by atoms with Crippen LogP contribution in [0.15, 0.2) is 84.4 Å². The summed E-state index contributed by atoms with van der Waals surface area (Å²) in [4.78, 5) is 27.9. The molecule has 3 aromatic carbocycles. The van der Waals surface area contributed by atoms with E-state index in [0.717, 1.165) is 27.5 Å². The van der Waals surface area contributed by atoms with E-state index in [2.05, 4.69) is 29.5 Å². The van der Waals surface area contributed by atoms with Crippen LogP contribution >= 0.6 is 22.6 Å². The van der Waals surface area contributed by atoms with Crippen LogP contribution in [-0.4, -0.2) is 28.3 Å². The Bertz CT molecular complexity index is 1200. The molecular weight excluding hydrogens is 541 g/mol. The molecule has 1 aliphatic heterocycles. The van der Waals surface area contributed by atoms with E-state index in [1.165, 1.54) is 4.90 Å². The van der Waals surface area contributed by atoms with Crippen molar-refractivity contribution in [2.24, 2.45) is 0 Å². The van der Waals surface area contributed by atoms with Crippen LogP contribution in [0.1, 0.15) is 42.5 Å². The molecule has 0 radical (unpaired) electrons. The van der Waals surface area contributed by atoms with Gasteiger partial charge in [0.05, 0.1) is 18.2 Å². The SMILES string of the molecule is CCCCOc1cccc(/C(O)=C2\C(=O)C(=O)N(Cc3ccccc3)C2c2ccc(I)cc2)c1. The topological polar surface area (TPSA) is 66.8 Å². The predicted molar refractivity (Wildman–Crippen MR) is 140 cm³/mol. The summed E-state index contributed by atoms with van der Waals surface area (Å²) >= 11 is 2.21. The lowest BCUT2D eigenvalue weighted by molar-refractivity contribution is -0.140. The maximum atomic E-state index is 13.2. The molecule has 4 rings (SSSR count). The molecule has 34 heavy (non-hydrogen) atoms. The number of carbonyl (C=O) groups is 2. The lowest BCUT2D eigenvalue weighted by atomic mass is 9.95. The number of amides is 1. The van der Waals surface area contributed by atoms with Gasteiger partial charge in [-0.3, -0.25) is 9.59 Å². The highest BCUT2D eigenvalue weighted by molar-refractivity contribution is 14.1. The average molecular weight is 567 g/mol. The zero-order chi connectivity index (χ0) is 24.1. The van der Waals surface area contributed by atoms with Crippen molar-refractivity contribution in [2.45, 2.75) is 32.4 Å². The van der Waals surface area contributed by atoms with Gasteiger partial charge in [-0.2, -0.15) is 0 Å². The molecule has 1 N–H and O–H groups in total. The summed E-state index contributed by atoms with van der Waals surface area (Å²) in [5.41, 5.74) is 2.22. The van der Waals surface area contributed by atoms with Gasteiger partial charge in [-0.25, -0.2) is 0 Å². The van der Waals surface area contributed by atoms with Crippen molar-refractivity contribution in [3.8, 4) is 5.75 Å². The van der Waals surface area contributed by atoms with Gasteiger partial charge in [0, 0.05) is 15.7 Å². The number of rotatable bonds is 8. The monoisotopic (exact) mass is 567 g/mol. The summed E-state index contributed by atoms with van der Waals surface area (Å²) in [5.74, 6) is -0.890. The molecule has 0 saturated carbocycles. The standard InChI is InChI=1S/C28H26INO4/c1-2-3-16-34-23-11-7-10-21(17-23)26(31)24-25(20-12-14-22(29)15-13-20)30(28(33)27(24)32)18-19-8-5-4-6-9-19/h4-15,17,25,31H,2-3,16,18H2,1H3/b26-24+. The number of Topliss-reactive ketones (excluding diaryl/α,β-unsaturated/α-hetero) is 1. The number of nitrogens with zero attached hydrogens (tertiary/aromatic N) is 1. The molecule has 5 nitrogen and oxygen atoms in total. The maximum Gasteiger partial charge on any atom is 0.295 e. The number of ether oxygens (including phenoxy) is 1. The van der Waals surface area contributed by atoms with Gasteiger partial charge in [0.25, 0.3) is 11.7 Å². The fraction of sp³-hybridized carbons (Fsp3) is 0.214. The van der Waals surface area contributed by atoms with E-state index in [-0.39, 0.29) is 17.9 Å². The summed E-state index contributed by atoms with van der Waals surface area (Å²) in [6.45, 7) is 2.93. The number of aliphatic hydroxyl groups excluding tert-OH is 1. The fourth-order valence-corrected chi connectivity index (χ4v) is 4.40. The highest BCUT2D eigenvalue weighted by atomic mass is 127. The number of aliphatic hydroxyl groups is 1. The zero-order valence-electron chi connectivity index (χ0n) is 18.9. The van der Waals surface area contributed by atoms with Crippen LogP contribution in [0, 0.1) is 3.57 Å². The number of ketones is 1. The second kappa shape index (κ2) is 10.9. The van der Waals surface area contributed by atoms with E-state index in [9.17, 15) is 14.7 Å². The third kappa shape index (κ3) is 5.17. The number of hydrogen-bond donors (Lipinski definition) is 1. The summed E-state index contributed by atoms with van der Waals surface area (Å²) in [7, 11) is 0. The van der Waals surface area contributed by atoms with Crippen LogP contribution < -0.4 is 4.74 Å². The summed E-state index contributed by atoms with van der Waals surface area (Å²) in [5, 5.41) is 11.3. The van der Waals surface area contributed by atoms with E-state index in [0.29, 0.717) is 17.9 Å². The first kappa shape index (κ1) is 24.0. The molecule has 1 unspecified atom stereocenters. The molecular formula is C28H26INO4. The Hall–Kier alpha value is -3.13. The second-order valence-corrected chi connectivity index (χ2v) is 9.44. The minimum atomic E-state index is -0.693. The van der Waals surface area contributed by atoms with E-state index >= 15 is 0 Å². The molecule has 0 spiro atoms. The van der Waals surface area contributed by atoms with Crippen molar-refractivity contribution < 1.29 is 19.4 Å². The van der Waals surface area contributed by atoms with Gasteiger partial charge in [0.1, 0.15) is 11.5 Å². The van der Waals surface area contributed by atoms with Gasteiger partial charge in [-0.15, -0.1) is 0 Å². The second-order valence-electron chi connectivity index (χ2n) is 8.19. The minimum absolute atomic E-state index is 0.0906. The molecule has 1 saturated heterocycles. The van der Waals surface area contributed by atoms with Gasteiger partial charge in [0.15, 0.2) is 0 Å². The predicted octanol–water partition coefficient (Wildman–Crippen LogP) is 6.09. The quantitative estimate of drug-likeness (QED) is 0.118.